The second-order valence-electron chi connectivity index (χ2n) is 2.86. The highest BCUT2D eigenvalue weighted by atomic mass is 127. The van der Waals surface area contributed by atoms with Gasteiger partial charge in [-0.1, -0.05) is 0 Å². The molecule has 0 aliphatic heterocycles. The summed E-state index contributed by atoms with van der Waals surface area (Å²) < 4.78 is 30.0. The molecule has 1 aromatic heterocycles. The maximum atomic E-state index is 12.6. The number of hydrogen-bond donors (Lipinski definition) is 1. The molecule has 0 saturated carbocycles. The Morgan fingerprint density at radius 1 is 1.69 bits per heavy atom. The van der Waals surface area contributed by atoms with Crippen molar-refractivity contribution in [1.29, 1.82) is 0 Å². The summed E-state index contributed by atoms with van der Waals surface area (Å²) in [6, 6.07) is 1.36. The van der Waals surface area contributed by atoms with Gasteiger partial charge in [0.15, 0.2) is 0 Å². The van der Waals surface area contributed by atoms with Gasteiger partial charge in [-0.15, -0.1) is 0 Å². The predicted molar refractivity (Wildman–Crippen MR) is 61.1 cm³/mol. The van der Waals surface area contributed by atoms with Gasteiger partial charge in [-0.05, 0) is 34.2 Å². The molecule has 0 aromatic carbocycles. The Balaban J connectivity index is 3.34. The van der Waals surface area contributed by atoms with Gasteiger partial charge in [-0.25, -0.2) is 18.6 Å². The molecular formula is C9H9F2IN2O2. The van der Waals surface area contributed by atoms with Crippen LogP contribution in [0.25, 0.3) is 0 Å². The van der Waals surface area contributed by atoms with Gasteiger partial charge in [0.2, 0.25) is 0 Å². The Morgan fingerprint density at radius 2 is 2.31 bits per heavy atom. The SMILES string of the molecule is COC(=O)c1cc(CN)c(I)c(C(F)F)n1. The first kappa shape index (κ1) is 13.2. The summed E-state index contributed by atoms with van der Waals surface area (Å²) in [5.41, 5.74) is 5.26. The number of carbonyl (C=O) groups is 1. The summed E-state index contributed by atoms with van der Waals surface area (Å²) in [4.78, 5) is 14.8. The smallest absolute Gasteiger partial charge is 0.356 e. The van der Waals surface area contributed by atoms with Crippen molar-refractivity contribution in [2.45, 2.75) is 13.0 Å². The molecule has 4 nitrogen and oxygen atoms in total. The number of nitrogens with two attached hydrogens (primary N) is 1. The summed E-state index contributed by atoms with van der Waals surface area (Å²) in [6.07, 6.45) is -2.75. The molecule has 16 heavy (non-hydrogen) atoms. The largest absolute Gasteiger partial charge is 0.464 e. The first-order chi connectivity index (χ1) is 7.51. The number of carbonyl (C=O) groups excluding carboxylic acids is 1. The number of rotatable bonds is 3. The standard InChI is InChI=1S/C9H9F2IN2O2/c1-16-9(15)5-2-4(3-13)6(12)7(14-5)8(10)11/h2,8H,3,13H2,1H3. The van der Waals surface area contributed by atoms with Gasteiger partial charge in [0.05, 0.1) is 7.11 Å². The van der Waals surface area contributed by atoms with E-state index < -0.39 is 18.1 Å². The van der Waals surface area contributed by atoms with E-state index in [2.05, 4.69) is 9.72 Å². The van der Waals surface area contributed by atoms with E-state index in [1.165, 1.54) is 6.07 Å². The minimum Gasteiger partial charge on any atom is -0.464 e. The normalized spacial score (nSPS) is 10.6. The molecule has 1 rings (SSSR count). The van der Waals surface area contributed by atoms with Crippen LogP contribution in [-0.4, -0.2) is 18.1 Å². The third-order valence-corrected chi connectivity index (χ3v) is 3.13. The Morgan fingerprint density at radius 3 is 2.75 bits per heavy atom. The van der Waals surface area contributed by atoms with Crippen molar-refractivity contribution in [3.63, 3.8) is 0 Å². The summed E-state index contributed by atoms with van der Waals surface area (Å²) in [7, 11) is 1.16. The lowest BCUT2D eigenvalue weighted by Crippen LogP contribution is -2.12. The number of ether oxygens (including phenoxy) is 1. The number of halogens is 3. The lowest BCUT2D eigenvalue weighted by molar-refractivity contribution is 0.0592. The average Bonchev–Trinajstić information content (AvgIpc) is 2.27. The molecule has 0 saturated heterocycles. The van der Waals surface area contributed by atoms with Crippen LogP contribution in [0.2, 0.25) is 0 Å². The van der Waals surface area contributed by atoms with Crippen molar-refractivity contribution in [2.24, 2.45) is 5.73 Å². The molecule has 0 aliphatic carbocycles. The average molecular weight is 342 g/mol. The lowest BCUT2D eigenvalue weighted by atomic mass is 10.2. The van der Waals surface area contributed by atoms with E-state index in [-0.39, 0.29) is 15.8 Å². The zero-order valence-electron chi connectivity index (χ0n) is 8.34. The molecule has 1 aromatic rings. The van der Waals surface area contributed by atoms with E-state index in [9.17, 15) is 13.6 Å². The van der Waals surface area contributed by atoms with Crippen LogP contribution in [0.15, 0.2) is 6.07 Å². The molecular weight excluding hydrogens is 333 g/mol. The van der Waals surface area contributed by atoms with E-state index in [1.54, 1.807) is 22.6 Å². The van der Waals surface area contributed by atoms with Gasteiger partial charge < -0.3 is 10.5 Å². The number of alkyl halides is 2. The van der Waals surface area contributed by atoms with Crippen LogP contribution in [0.4, 0.5) is 8.78 Å². The zero-order chi connectivity index (χ0) is 12.3. The Hall–Kier alpha value is -0.830. The molecule has 0 radical (unpaired) electrons. The highest BCUT2D eigenvalue weighted by Gasteiger charge is 2.20. The first-order valence-electron chi connectivity index (χ1n) is 4.27. The molecule has 0 atom stereocenters. The summed E-state index contributed by atoms with van der Waals surface area (Å²) in [5.74, 6) is -0.756. The summed E-state index contributed by atoms with van der Waals surface area (Å²) in [5, 5.41) is 0. The predicted octanol–water partition coefficient (Wildman–Crippen LogP) is 1.87. The van der Waals surface area contributed by atoms with Crippen LogP contribution in [-0.2, 0) is 11.3 Å². The van der Waals surface area contributed by atoms with E-state index in [0.717, 1.165) is 7.11 Å². The highest BCUT2D eigenvalue weighted by Crippen LogP contribution is 2.26. The molecule has 7 heteroatoms. The third kappa shape index (κ3) is 2.64. The monoisotopic (exact) mass is 342 g/mol. The van der Waals surface area contributed by atoms with Crippen LogP contribution in [0, 0.1) is 3.57 Å². The van der Waals surface area contributed by atoms with Gasteiger partial charge in [-0.3, -0.25) is 0 Å². The van der Waals surface area contributed by atoms with Crippen molar-refractivity contribution >= 4 is 28.6 Å². The van der Waals surface area contributed by atoms with Crippen LogP contribution in [0.1, 0.15) is 28.2 Å². The van der Waals surface area contributed by atoms with Gasteiger partial charge in [0.1, 0.15) is 11.4 Å². The highest BCUT2D eigenvalue weighted by molar-refractivity contribution is 14.1. The van der Waals surface area contributed by atoms with Crippen LogP contribution >= 0.6 is 22.6 Å². The lowest BCUT2D eigenvalue weighted by Gasteiger charge is -2.09. The number of methoxy groups -OCH3 is 1. The number of nitrogens with zero attached hydrogens (tertiary/aromatic N) is 1. The van der Waals surface area contributed by atoms with E-state index in [1.807, 2.05) is 0 Å². The molecule has 0 unspecified atom stereocenters. The fraction of sp³-hybridized carbons (Fsp3) is 0.333. The fourth-order valence-corrected chi connectivity index (χ4v) is 1.84. The quantitative estimate of drug-likeness (QED) is 0.673. The topological polar surface area (TPSA) is 65.2 Å². The molecule has 0 bridgehead atoms. The fourth-order valence-electron chi connectivity index (χ4n) is 1.11. The molecule has 2 N–H and O–H groups in total. The summed E-state index contributed by atoms with van der Waals surface area (Å²) in [6.45, 7) is 0.0600. The number of pyridine rings is 1. The van der Waals surface area contributed by atoms with Gasteiger partial charge in [0.25, 0.3) is 6.43 Å². The zero-order valence-corrected chi connectivity index (χ0v) is 10.5. The molecule has 0 aliphatic rings. The molecule has 0 fully saturated rings. The van der Waals surface area contributed by atoms with Crippen molar-refractivity contribution < 1.29 is 18.3 Å². The van der Waals surface area contributed by atoms with Gasteiger partial charge in [0, 0.05) is 10.1 Å². The van der Waals surface area contributed by atoms with Crippen LogP contribution in [0.5, 0.6) is 0 Å². The van der Waals surface area contributed by atoms with Gasteiger partial charge in [-0.2, -0.15) is 0 Å². The van der Waals surface area contributed by atoms with Crippen molar-refractivity contribution in [3.05, 3.63) is 26.6 Å². The van der Waals surface area contributed by atoms with E-state index in [0.29, 0.717) is 5.56 Å². The van der Waals surface area contributed by atoms with Crippen molar-refractivity contribution in [2.75, 3.05) is 7.11 Å². The first-order valence-corrected chi connectivity index (χ1v) is 5.35. The number of aromatic nitrogens is 1. The third-order valence-electron chi connectivity index (χ3n) is 1.88. The maximum Gasteiger partial charge on any atom is 0.356 e. The second-order valence-corrected chi connectivity index (χ2v) is 3.94. The molecule has 0 spiro atoms. The van der Waals surface area contributed by atoms with Crippen LogP contribution < -0.4 is 5.73 Å². The molecule has 88 valence electrons. The van der Waals surface area contributed by atoms with Crippen molar-refractivity contribution in [3.8, 4) is 0 Å². The Labute approximate surface area is 104 Å². The van der Waals surface area contributed by atoms with Crippen LogP contribution in [0.3, 0.4) is 0 Å². The maximum absolute atomic E-state index is 12.6. The van der Waals surface area contributed by atoms with E-state index >= 15 is 0 Å². The number of esters is 1. The summed E-state index contributed by atoms with van der Waals surface area (Å²) >= 11 is 1.73. The molecule has 0 amide bonds. The van der Waals surface area contributed by atoms with Gasteiger partial charge >= 0.3 is 5.97 Å². The minimum absolute atomic E-state index is 0.0600. The Kier molecular flexibility index (Phi) is 4.54. The minimum atomic E-state index is -2.75. The Bertz CT molecular complexity index is 413. The second kappa shape index (κ2) is 5.48. The number of hydrogen-bond acceptors (Lipinski definition) is 4. The van der Waals surface area contributed by atoms with E-state index in [4.69, 9.17) is 5.73 Å². The van der Waals surface area contributed by atoms with Crippen molar-refractivity contribution in [1.82, 2.24) is 4.98 Å². The molecule has 1 heterocycles.